The molecule has 1 aromatic heterocycles. The Morgan fingerprint density at radius 3 is 3.08 bits per heavy atom. The van der Waals surface area contributed by atoms with Gasteiger partial charge in [0, 0.05) is 0 Å². The highest BCUT2D eigenvalue weighted by Gasteiger charge is 2.12. The van der Waals surface area contributed by atoms with Crippen molar-refractivity contribution in [2.24, 2.45) is 5.10 Å². The number of nitrogens with zero attached hydrogens (tertiary/aromatic N) is 2. The van der Waals surface area contributed by atoms with Gasteiger partial charge in [-0.2, -0.15) is 13.9 Å². The van der Waals surface area contributed by atoms with Crippen molar-refractivity contribution in [2.45, 2.75) is 6.43 Å². The van der Waals surface area contributed by atoms with Crippen LogP contribution >= 0.6 is 0 Å². The van der Waals surface area contributed by atoms with Gasteiger partial charge in [0.2, 0.25) is 0 Å². The van der Waals surface area contributed by atoms with Gasteiger partial charge in [-0.3, -0.25) is 4.79 Å². The minimum absolute atomic E-state index is 0.509. The molecule has 7 heteroatoms. The second-order valence-corrected chi connectivity index (χ2v) is 2.04. The van der Waals surface area contributed by atoms with Crippen LogP contribution in [0.1, 0.15) is 5.69 Å². The Labute approximate surface area is 71.9 Å². The maximum absolute atomic E-state index is 11.6. The fourth-order valence-electron chi connectivity index (χ4n) is 0.551. The minimum Gasteiger partial charge on any atom is -0.344 e. The van der Waals surface area contributed by atoms with Crippen molar-refractivity contribution in [1.29, 1.82) is 0 Å². The molecule has 0 spiro atoms. The van der Waals surface area contributed by atoms with E-state index in [1.807, 2.05) is 0 Å². The number of halogens is 2. The summed E-state index contributed by atoms with van der Waals surface area (Å²) in [5.41, 5.74) is 2.16. The average molecular weight is 188 g/mol. The lowest BCUT2D eigenvalue weighted by atomic mass is 10.5. The van der Waals surface area contributed by atoms with E-state index >= 15 is 0 Å². The molecule has 0 saturated carbocycles. The first kappa shape index (κ1) is 9.30. The van der Waals surface area contributed by atoms with Crippen LogP contribution in [-0.4, -0.2) is 28.5 Å². The van der Waals surface area contributed by atoms with Crippen molar-refractivity contribution in [3.8, 4) is 0 Å². The Bertz CT molecular complexity index is 296. The lowest BCUT2D eigenvalue weighted by molar-refractivity contribution is -0.131. The van der Waals surface area contributed by atoms with Gasteiger partial charge in [-0.15, -0.1) is 0 Å². The molecule has 2 N–H and O–H groups in total. The van der Waals surface area contributed by atoms with E-state index in [0.717, 1.165) is 0 Å². The van der Waals surface area contributed by atoms with Crippen LogP contribution in [0.4, 0.5) is 8.78 Å². The number of aromatic nitrogens is 2. The standard InChI is InChI=1S/C6H6F2N4O/c7-5(8)6(13)12-11-2-4-1-9-3-10-4/h1-3,5H,(H,9,10)(H,12,13)/b11-2+. The molecular weight excluding hydrogens is 182 g/mol. The zero-order valence-electron chi connectivity index (χ0n) is 6.37. The van der Waals surface area contributed by atoms with Crippen LogP contribution in [0.5, 0.6) is 0 Å². The van der Waals surface area contributed by atoms with E-state index in [2.05, 4.69) is 15.1 Å². The highest BCUT2D eigenvalue weighted by atomic mass is 19.3. The third-order valence-electron chi connectivity index (χ3n) is 1.10. The monoisotopic (exact) mass is 188 g/mol. The molecule has 70 valence electrons. The third kappa shape index (κ3) is 2.97. The summed E-state index contributed by atoms with van der Waals surface area (Å²) in [5.74, 6) is -1.43. The molecule has 0 aromatic carbocycles. The van der Waals surface area contributed by atoms with Crippen molar-refractivity contribution in [2.75, 3.05) is 0 Å². The Morgan fingerprint density at radius 2 is 2.54 bits per heavy atom. The van der Waals surface area contributed by atoms with Crippen molar-refractivity contribution >= 4 is 12.1 Å². The Kier molecular flexibility index (Phi) is 3.07. The number of hydrazone groups is 1. The van der Waals surface area contributed by atoms with Gasteiger partial charge >= 0.3 is 12.3 Å². The minimum atomic E-state index is -3.06. The fourth-order valence-corrected chi connectivity index (χ4v) is 0.551. The first-order valence-corrected chi connectivity index (χ1v) is 3.29. The van der Waals surface area contributed by atoms with Crippen molar-refractivity contribution in [3.05, 3.63) is 18.2 Å². The van der Waals surface area contributed by atoms with Gasteiger partial charge in [-0.05, 0) is 0 Å². The van der Waals surface area contributed by atoms with E-state index in [1.54, 1.807) is 5.43 Å². The smallest absolute Gasteiger partial charge is 0.317 e. The zero-order valence-corrected chi connectivity index (χ0v) is 6.37. The van der Waals surface area contributed by atoms with Gasteiger partial charge in [0.1, 0.15) is 0 Å². The molecule has 0 aliphatic heterocycles. The van der Waals surface area contributed by atoms with Gasteiger partial charge in [-0.25, -0.2) is 10.4 Å². The summed E-state index contributed by atoms with van der Waals surface area (Å²) < 4.78 is 23.2. The number of carbonyl (C=O) groups excluding carboxylic acids is 1. The molecule has 1 rings (SSSR count). The number of aromatic amines is 1. The van der Waals surface area contributed by atoms with E-state index in [4.69, 9.17) is 0 Å². The van der Waals surface area contributed by atoms with E-state index in [-0.39, 0.29) is 0 Å². The van der Waals surface area contributed by atoms with Gasteiger partial charge in [0.15, 0.2) is 0 Å². The highest BCUT2D eigenvalue weighted by molar-refractivity contribution is 5.82. The molecule has 1 heterocycles. The molecule has 0 unspecified atom stereocenters. The number of hydrogen-bond acceptors (Lipinski definition) is 3. The predicted molar refractivity (Wildman–Crippen MR) is 40.3 cm³/mol. The molecule has 1 aromatic rings. The summed E-state index contributed by atoms with van der Waals surface area (Å²) in [4.78, 5) is 16.6. The maximum Gasteiger partial charge on any atom is 0.317 e. The predicted octanol–water partition coefficient (Wildman–Crippen LogP) is 0.125. The topological polar surface area (TPSA) is 70.1 Å². The number of hydrogen-bond donors (Lipinski definition) is 2. The van der Waals surface area contributed by atoms with Gasteiger partial charge in [0.25, 0.3) is 0 Å². The lowest BCUT2D eigenvalue weighted by Crippen LogP contribution is -2.24. The molecule has 0 aliphatic carbocycles. The number of amides is 1. The normalized spacial score (nSPS) is 11.0. The molecule has 0 aliphatic rings. The van der Waals surface area contributed by atoms with Crippen LogP contribution in [-0.2, 0) is 4.79 Å². The molecule has 13 heavy (non-hydrogen) atoms. The van der Waals surface area contributed by atoms with Crippen LogP contribution in [0, 0.1) is 0 Å². The highest BCUT2D eigenvalue weighted by Crippen LogP contribution is 1.90. The molecule has 1 amide bonds. The summed E-state index contributed by atoms with van der Waals surface area (Å²) in [6.45, 7) is 0. The quantitative estimate of drug-likeness (QED) is 0.522. The van der Waals surface area contributed by atoms with Gasteiger partial charge < -0.3 is 4.98 Å². The summed E-state index contributed by atoms with van der Waals surface area (Å²) in [6, 6.07) is 0. The number of alkyl halides is 2. The Morgan fingerprint density at radius 1 is 1.77 bits per heavy atom. The Hall–Kier alpha value is -1.79. The second kappa shape index (κ2) is 4.29. The summed E-state index contributed by atoms with van der Waals surface area (Å²) in [6.07, 6.45) is 0.945. The van der Waals surface area contributed by atoms with Gasteiger partial charge in [-0.1, -0.05) is 0 Å². The van der Waals surface area contributed by atoms with E-state index in [0.29, 0.717) is 5.69 Å². The molecule has 0 saturated heterocycles. The van der Waals surface area contributed by atoms with Crippen LogP contribution in [0.3, 0.4) is 0 Å². The molecule has 5 nitrogen and oxygen atoms in total. The Balaban J connectivity index is 2.39. The van der Waals surface area contributed by atoms with E-state index in [1.165, 1.54) is 18.7 Å². The first-order chi connectivity index (χ1) is 6.20. The van der Waals surface area contributed by atoms with Crippen molar-refractivity contribution in [3.63, 3.8) is 0 Å². The third-order valence-corrected chi connectivity index (χ3v) is 1.10. The first-order valence-electron chi connectivity index (χ1n) is 3.29. The molecule has 0 fully saturated rings. The summed E-state index contributed by atoms with van der Waals surface area (Å²) >= 11 is 0. The SMILES string of the molecule is O=C(N/N=C/c1cnc[nH]1)C(F)F. The summed E-state index contributed by atoms with van der Waals surface area (Å²) in [7, 11) is 0. The number of imidazole rings is 1. The van der Waals surface area contributed by atoms with Crippen LogP contribution in [0.15, 0.2) is 17.6 Å². The molecule has 0 radical (unpaired) electrons. The van der Waals surface area contributed by atoms with Crippen LogP contribution < -0.4 is 5.43 Å². The largest absolute Gasteiger partial charge is 0.344 e. The fraction of sp³-hybridized carbons (Fsp3) is 0.167. The van der Waals surface area contributed by atoms with Crippen LogP contribution in [0.25, 0.3) is 0 Å². The van der Waals surface area contributed by atoms with E-state index in [9.17, 15) is 13.6 Å². The number of carbonyl (C=O) groups is 1. The second-order valence-electron chi connectivity index (χ2n) is 2.04. The average Bonchev–Trinajstić information content (AvgIpc) is 2.56. The lowest BCUT2D eigenvalue weighted by Gasteiger charge is -1.94. The number of nitrogens with one attached hydrogen (secondary N) is 2. The van der Waals surface area contributed by atoms with E-state index < -0.39 is 12.3 Å². The van der Waals surface area contributed by atoms with Crippen LogP contribution in [0.2, 0.25) is 0 Å². The zero-order chi connectivity index (χ0) is 9.68. The van der Waals surface area contributed by atoms with Crippen molar-refractivity contribution in [1.82, 2.24) is 15.4 Å². The maximum atomic E-state index is 11.6. The summed E-state index contributed by atoms with van der Waals surface area (Å²) in [5, 5.41) is 3.26. The van der Waals surface area contributed by atoms with Gasteiger partial charge in [0.05, 0.1) is 24.4 Å². The molecule has 0 bridgehead atoms. The molecular formula is C6H6F2N4O. The number of rotatable bonds is 3. The van der Waals surface area contributed by atoms with Crippen molar-refractivity contribution < 1.29 is 13.6 Å². The molecule has 0 atom stereocenters. The number of H-pyrrole nitrogens is 1.